The molecule has 0 aromatic heterocycles. The third-order valence-electron chi connectivity index (χ3n) is 3.04. The Bertz CT molecular complexity index is 474. The van der Waals surface area contributed by atoms with Crippen LogP contribution in [0.15, 0.2) is 36.4 Å². The maximum Gasteiger partial charge on any atom is 0.0346 e. The lowest BCUT2D eigenvalue weighted by atomic mass is 9.99. The molecule has 0 spiro atoms. The average molecular weight is 213 g/mol. The van der Waals surface area contributed by atoms with Crippen molar-refractivity contribution in [1.82, 2.24) is 0 Å². The summed E-state index contributed by atoms with van der Waals surface area (Å²) in [5.41, 5.74) is 2.68. The summed E-state index contributed by atoms with van der Waals surface area (Å²) < 4.78 is 0. The van der Waals surface area contributed by atoms with Gasteiger partial charge in [-0.1, -0.05) is 37.6 Å². The number of hydrogen-bond donors (Lipinski definition) is 1. The number of benzene rings is 2. The van der Waals surface area contributed by atoms with Crippen LogP contribution in [0.5, 0.6) is 0 Å². The maximum absolute atomic E-state index is 3.24. The highest BCUT2D eigenvalue weighted by Crippen LogP contribution is 2.25. The van der Waals surface area contributed by atoms with Crippen molar-refractivity contribution < 1.29 is 0 Å². The number of nitrogens with one attached hydrogen (secondary N) is 1. The van der Waals surface area contributed by atoms with Crippen LogP contribution in [0.3, 0.4) is 0 Å². The summed E-state index contributed by atoms with van der Waals surface area (Å²) >= 11 is 0. The van der Waals surface area contributed by atoms with Gasteiger partial charge in [-0.05, 0) is 41.3 Å². The number of unbranched alkanes of at least 4 members (excludes halogenated alkanes) is 1. The van der Waals surface area contributed by atoms with Gasteiger partial charge in [-0.3, -0.25) is 0 Å². The minimum absolute atomic E-state index is 1.17. The molecule has 0 aliphatic rings. The lowest BCUT2D eigenvalue weighted by Gasteiger charge is -2.09. The van der Waals surface area contributed by atoms with E-state index in [1.165, 1.54) is 41.3 Å². The molecule has 1 N–H and O–H groups in total. The average Bonchev–Trinajstić information content (AvgIpc) is 2.35. The molecule has 0 unspecified atom stereocenters. The number of fused-ring (bicyclic) bond motifs is 1. The van der Waals surface area contributed by atoms with Crippen LogP contribution in [0.2, 0.25) is 0 Å². The zero-order valence-corrected chi connectivity index (χ0v) is 10.1. The van der Waals surface area contributed by atoms with E-state index in [-0.39, 0.29) is 0 Å². The standard InChI is InChI=1S/C15H19N/c1-3-4-7-12-10-14(16-2)11-13-8-5-6-9-15(12)13/h5-6,8-11,16H,3-4,7H2,1-2H3. The van der Waals surface area contributed by atoms with Crippen molar-refractivity contribution in [3.63, 3.8) is 0 Å². The van der Waals surface area contributed by atoms with Crippen LogP contribution in [0, 0.1) is 0 Å². The second-order valence-electron chi connectivity index (χ2n) is 4.21. The summed E-state index contributed by atoms with van der Waals surface area (Å²) in [6.45, 7) is 2.24. The summed E-state index contributed by atoms with van der Waals surface area (Å²) in [5.74, 6) is 0. The van der Waals surface area contributed by atoms with Gasteiger partial charge in [-0.25, -0.2) is 0 Å². The van der Waals surface area contributed by atoms with E-state index in [0.717, 1.165) is 0 Å². The first kappa shape index (κ1) is 11.0. The van der Waals surface area contributed by atoms with Crippen molar-refractivity contribution in [3.05, 3.63) is 42.0 Å². The molecule has 0 amide bonds. The summed E-state index contributed by atoms with van der Waals surface area (Å²) in [6, 6.07) is 13.1. The Morgan fingerprint density at radius 2 is 1.94 bits per heavy atom. The van der Waals surface area contributed by atoms with Gasteiger partial charge in [0.05, 0.1) is 0 Å². The van der Waals surface area contributed by atoms with Gasteiger partial charge in [0.25, 0.3) is 0 Å². The Balaban J connectivity index is 2.50. The van der Waals surface area contributed by atoms with E-state index in [1.807, 2.05) is 7.05 Å². The molecular formula is C15H19N. The van der Waals surface area contributed by atoms with Crippen molar-refractivity contribution >= 4 is 16.5 Å². The van der Waals surface area contributed by atoms with Crippen LogP contribution in [0.4, 0.5) is 5.69 Å². The first-order valence-electron chi connectivity index (χ1n) is 6.04. The highest BCUT2D eigenvalue weighted by Gasteiger charge is 2.02. The summed E-state index contributed by atoms with van der Waals surface area (Å²) in [4.78, 5) is 0. The summed E-state index contributed by atoms with van der Waals surface area (Å²) in [7, 11) is 1.98. The Morgan fingerprint density at radius 3 is 2.69 bits per heavy atom. The molecule has 0 bridgehead atoms. The van der Waals surface area contributed by atoms with Crippen molar-refractivity contribution in [2.45, 2.75) is 26.2 Å². The van der Waals surface area contributed by atoms with Crippen LogP contribution in [0.1, 0.15) is 25.3 Å². The van der Waals surface area contributed by atoms with E-state index in [9.17, 15) is 0 Å². The zero-order chi connectivity index (χ0) is 11.4. The molecular weight excluding hydrogens is 194 g/mol. The first-order valence-corrected chi connectivity index (χ1v) is 6.04. The highest BCUT2D eigenvalue weighted by molar-refractivity contribution is 5.89. The first-order chi connectivity index (χ1) is 7.85. The molecule has 1 heteroatoms. The lowest BCUT2D eigenvalue weighted by Crippen LogP contribution is -1.93. The van der Waals surface area contributed by atoms with Gasteiger partial charge in [-0.2, -0.15) is 0 Å². The predicted molar refractivity (Wildman–Crippen MR) is 72.1 cm³/mol. The molecule has 16 heavy (non-hydrogen) atoms. The SMILES string of the molecule is CCCCc1cc(NC)cc2ccccc12. The van der Waals surface area contributed by atoms with E-state index in [0.29, 0.717) is 0 Å². The van der Waals surface area contributed by atoms with Crippen molar-refractivity contribution in [2.24, 2.45) is 0 Å². The largest absolute Gasteiger partial charge is 0.388 e. The number of rotatable bonds is 4. The van der Waals surface area contributed by atoms with Crippen molar-refractivity contribution in [1.29, 1.82) is 0 Å². The van der Waals surface area contributed by atoms with E-state index < -0.39 is 0 Å². The summed E-state index contributed by atoms with van der Waals surface area (Å²) in [5, 5.41) is 5.97. The van der Waals surface area contributed by atoms with Gasteiger partial charge in [-0.15, -0.1) is 0 Å². The number of hydrogen-bond acceptors (Lipinski definition) is 1. The fourth-order valence-corrected chi connectivity index (χ4v) is 2.11. The molecule has 0 saturated carbocycles. The monoisotopic (exact) mass is 213 g/mol. The highest BCUT2D eigenvalue weighted by atomic mass is 14.8. The van der Waals surface area contributed by atoms with E-state index in [2.05, 4.69) is 48.6 Å². The van der Waals surface area contributed by atoms with E-state index in [4.69, 9.17) is 0 Å². The molecule has 2 rings (SSSR count). The molecule has 0 saturated heterocycles. The molecule has 2 aromatic rings. The normalized spacial score (nSPS) is 10.6. The molecule has 0 radical (unpaired) electrons. The quantitative estimate of drug-likeness (QED) is 0.801. The minimum Gasteiger partial charge on any atom is -0.388 e. The van der Waals surface area contributed by atoms with E-state index in [1.54, 1.807) is 0 Å². The topological polar surface area (TPSA) is 12.0 Å². The lowest BCUT2D eigenvalue weighted by molar-refractivity contribution is 0.799. The van der Waals surface area contributed by atoms with Gasteiger partial charge in [0.1, 0.15) is 0 Å². The van der Waals surface area contributed by atoms with Gasteiger partial charge in [0.2, 0.25) is 0 Å². The molecule has 1 nitrogen and oxygen atoms in total. The van der Waals surface area contributed by atoms with Crippen LogP contribution >= 0.6 is 0 Å². The summed E-state index contributed by atoms with van der Waals surface area (Å²) in [6.07, 6.45) is 3.68. The maximum atomic E-state index is 3.24. The van der Waals surface area contributed by atoms with E-state index >= 15 is 0 Å². The smallest absolute Gasteiger partial charge is 0.0346 e. The Labute approximate surface area is 97.5 Å². The minimum atomic E-state index is 1.17. The van der Waals surface area contributed by atoms with Gasteiger partial charge < -0.3 is 5.32 Å². The Morgan fingerprint density at radius 1 is 1.12 bits per heavy atom. The van der Waals surface area contributed by atoms with Gasteiger partial charge >= 0.3 is 0 Å². The van der Waals surface area contributed by atoms with Crippen LogP contribution < -0.4 is 5.32 Å². The molecule has 0 fully saturated rings. The van der Waals surface area contributed by atoms with Gasteiger partial charge in [0.15, 0.2) is 0 Å². The Hall–Kier alpha value is -1.50. The zero-order valence-electron chi connectivity index (χ0n) is 10.1. The van der Waals surface area contributed by atoms with Gasteiger partial charge in [0, 0.05) is 12.7 Å². The molecule has 2 aromatic carbocycles. The van der Waals surface area contributed by atoms with Crippen molar-refractivity contribution in [3.8, 4) is 0 Å². The second kappa shape index (κ2) is 5.02. The van der Waals surface area contributed by atoms with Crippen LogP contribution in [-0.2, 0) is 6.42 Å². The molecule has 0 heterocycles. The molecule has 0 aliphatic carbocycles. The third kappa shape index (κ3) is 2.19. The number of aryl methyl sites for hydroxylation is 1. The molecule has 84 valence electrons. The van der Waals surface area contributed by atoms with Crippen molar-refractivity contribution in [2.75, 3.05) is 12.4 Å². The molecule has 0 aliphatic heterocycles. The molecule has 0 atom stereocenters. The third-order valence-corrected chi connectivity index (χ3v) is 3.04. The van der Waals surface area contributed by atoms with Crippen LogP contribution in [-0.4, -0.2) is 7.05 Å². The second-order valence-corrected chi connectivity index (χ2v) is 4.21. The fourth-order valence-electron chi connectivity index (χ4n) is 2.11. The fraction of sp³-hybridized carbons (Fsp3) is 0.333. The number of anilines is 1. The predicted octanol–water partition coefficient (Wildman–Crippen LogP) is 4.22. The van der Waals surface area contributed by atoms with Crippen LogP contribution in [0.25, 0.3) is 10.8 Å². The Kier molecular flexibility index (Phi) is 3.45.